The van der Waals surface area contributed by atoms with Gasteiger partial charge in [0, 0.05) is 9.75 Å². The van der Waals surface area contributed by atoms with Gasteiger partial charge in [0.2, 0.25) is 0 Å². The maximum atomic E-state index is 12.4. The number of carbonyl (C=O) groups is 2. The molecule has 1 aromatic heterocycles. The summed E-state index contributed by atoms with van der Waals surface area (Å²) in [7, 11) is 0. The Kier molecular flexibility index (Phi) is 4.43. The fourth-order valence-electron chi connectivity index (χ4n) is 2.22. The van der Waals surface area contributed by atoms with Crippen LogP contribution in [0.1, 0.15) is 41.6 Å². The molecule has 0 aliphatic carbocycles. The van der Waals surface area contributed by atoms with E-state index < -0.39 is 5.97 Å². The van der Waals surface area contributed by atoms with Crippen LogP contribution in [0.15, 0.2) is 24.3 Å². The molecule has 0 unspecified atom stereocenters. The number of benzene rings is 1. The fraction of sp³-hybridized carbons (Fsp3) is 0.250. The first-order valence-electron chi connectivity index (χ1n) is 6.57. The molecule has 1 heterocycles. The first kappa shape index (κ1) is 15.3. The summed E-state index contributed by atoms with van der Waals surface area (Å²) in [6.45, 7) is 5.85. The van der Waals surface area contributed by atoms with Crippen LogP contribution in [-0.4, -0.2) is 17.0 Å². The Morgan fingerprint density at radius 1 is 1.05 bits per heavy atom. The van der Waals surface area contributed by atoms with Crippen LogP contribution < -0.4 is 5.32 Å². The molecule has 2 N–H and O–H groups in total. The fourth-order valence-corrected chi connectivity index (χ4v) is 3.05. The second-order valence-corrected chi connectivity index (χ2v) is 6.32. The van der Waals surface area contributed by atoms with Crippen LogP contribution in [0.3, 0.4) is 0 Å². The van der Waals surface area contributed by atoms with E-state index in [-0.39, 0.29) is 17.0 Å². The molecule has 0 radical (unpaired) electrons. The molecule has 2 aromatic rings. The van der Waals surface area contributed by atoms with Crippen LogP contribution in [-0.2, 0) is 6.54 Å². The number of carbonyl (C=O) groups excluding carboxylic acids is 1. The summed E-state index contributed by atoms with van der Waals surface area (Å²) in [5.41, 5.74) is 1.58. The summed E-state index contributed by atoms with van der Waals surface area (Å²) < 4.78 is 0. The summed E-state index contributed by atoms with van der Waals surface area (Å²) >= 11 is 1.61. The van der Waals surface area contributed by atoms with Crippen molar-refractivity contribution in [2.45, 2.75) is 27.3 Å². The van der Waals surface area contributed by atoms with Gasteiger partial charge >= 0.3 is 5.97 Å². The summed E-state index contributed by atoms with van der Waals surface area (Å²) in [4.78, 5) is 26.0. The number of hydrogen-bond donors (Lipinski definition) is 2. The molecule has 0 aliphatic rings. The minimum Gasteiger partial charge on any atom is -0.478 e. The number of thiophene rings is 1. The van der Waals surface area contributed by atoms with Crippen molar-refractivity contribution in [3.8, 4) is 0 Å². The van der Waals surface area contributed by atoms with E-state index in [0.717, 1.165) is 4.88 Å². The molecule has 1 aromatic carbocycles. The lowest BCUT2D eigenvalue weighted by atomic mass is 9.96. The van der Waals surface area contributed by atoms with Crippen molar-refractivity contribution in [1.82, 2.24) is 5.32 Å². The predicted molar refractivity (Wildman–Crippen MR) is 83.1 cm³/mol. The van der Waals surface area contributed by atoms with Gasteiger partial charge in [-0.05, 0) is 44.0 Å². The molecule has 0 aliphatic heterocycles. The molecular weight excluding hydrogens is 286 g/mol. The first-order chi connectivity index (χ1) is 9.90. The van der Waals surface area contributed by atoms with E-state index in [2.05, 4.69) is 5.32 Å². The van der Waals surface area contributed by atoms with Crippen molar-refractivity contribution in [2.75, 3.05) is 0 Å². The van der Waals surface area contributed by atoms with Crippen LogP contribution >= 0.6 is 11.3 Å². The molecule has 21 heavy (non-hydrogen) atoms. The number of hydrogen-bond acceptors (Lipinski definition) is 3. The van der Waals surface area contributed by atoms with Gasteiger partial charge in [-0.3, -0.25) is 4.79 Å². The van der Waals surface area contributed by atoms with E-state index >= 15 is 0 Å². The van der Waals surface area contributed by atoms with E-state index in [1.54, 1.807) is 37.3 Å². The van der Waals surface area contributed by atoms with Gasteiger partial charge in [0.05, 0.1) is 17.7 Å². The van der Waals surface area contributed by atoms with Gasteiger partial charge in [-0.1, -0.05) is 12.1 Å². The number of aromatic carboxylic acids is 1. The van der Waals surface area contributed by atoms with Crippen molar-refractivity contribution < 1.29 is 14.7 Å². The zero-order valence-corrected chi connectivity index (χ0v) is 13.0. The maximum absolute atomic E-state index is 12.4. The van der Waals surface area contributed by atoms with Crippen molar-refractivity contribution in [1.29, 1.82) is 0 Å². The van der Waals surface area contributed by atoms with Crippen LogP contribution in [0.25, 0.3) is 0 Å². The Morgan fingerprint density at radius 2 is 1.67 bits per heavy atom. The van der Waals surface area contributed by atoms with Gasteiger partial charge in [-0.25, -0.2) is 4.79 Å². The molecule has 4 nitrogen and oxygen atoms in total. The van der Waals surface area contributed by atoms with E-state index in [9.17, 15) is 14.7 Å². The topological polar surface area (TPSA) is 66.4 Å². The average Bonchev–Trinajstić information content (AvgIpc) is 2.83. The molecule has 2 rings (SSSR count). The van der Waals surface area contributed by atoms with Crippen molar-refractivity contribution in [2.24, 2.45) is 0 Å². The molecule has 5 heteroatoms. The zero-order valence-electron chi connectivity index (χ0n) is 12.2. The SMILES string of the molecule is Cc1ccc(CNC(=O)c2c(C)ccc(C)c2C(=O)O)s1. The summed E-state index contributed by atoms with van der Waals surface area (Å²) in [5.74, 6) is -1.42. The smallest absolute Gasteiger partial charge is 0.336 e. The molecule has 1 amide bonds. The number of carboxylic acids is 1. The molecule has 0 spiro atoms. The lowest BCUT2D eigenvalue weighted by Crippen LogP contribution is -2.26. The minimum absolute atomic E-state index is 0.0786. The molecule has 110 valence electrons. The molecule has 0 saturated carbocycles. The number of carboxylic acid groups (broad SMARTS) is 1. The third-order valence-corrected chi connectivity index (χ3v) is 4.28. The predicted octanol–water partition coefficient (Wildman–Crippen LogP) is 3.30. The number of aryl methyl sites for hydroxylation is 3. The van der Waals surface area contributed by atoms with Crippen LogP contribution in [0, 0.1) is 20.8 Å². The van der Waals surface area contributed by atoms with E-state index in [1.807, 2.05) is 19.1 Å². The summed E-state index contributed by atoms with van der Waals surface area (Å²) in [5, 5.41) is 12.1. The molecule has 0 bridgehead atoms. The van der Waals surface area contributed by atoms with E-state index in [0.29, 0.717) is 17.7 Å². The van der Waals surface area contributed by atoms with Crippen molar-refractivity contribution in [3.05, 3.63) is 56.3 Å². The highest BCUT2D eigenvalue weighted by Crippen LogP contribution is 2.20. The second-order valence-electron chi connectivity index (χ2n) is 4.95. The lowest BCUT2D eigenvalue weighted by Gasteiger charge is -2.12. The maximum Gasteiger partial charge on any atom is 0.336 e. The summed E-state index contributed by atoms with van der Waals surface area (Å²) in [6, 6.07) is 7.44. The Bertz CT molecular complexity index is 704. The van der Waals surface area contributed by atoms with Gasteiger partial charge in [-0.2, -0.15) is 0 Å². The number of rotatable bonds is 4. The minimum atomic E-state index is -1.08. The average molecular weight is 303 g/mol. The van der Waals surface area contributed by atoms with Crippen LogP contribution in [0.4, 0.5) is 0 Å². The Hall–Kier alpha value is -2.14. The largest absolute Gasteiger partial charge is 0.478 e. The van der Waals surface area contributed by atoms with Crippen molar-refractivity contribution in [3.63, 3.8) is 0 Å². The van der Waals surface area contributed by atoms with Crippen LogP contribution in [0.2, 0.25) is 0 Å². The third-order valence-electron chi connectivity index (χ3n) is 3.28. The normalized spacial score (nSPS) is 10.4. The van der Waals surface area contributed by atoms with Gasteiger partial charge in [0.1, 0.15) is 0 Å². The van der Waals surface area contributed by atoms with E-state index in [1.165, 1.54) is 4.88 Å². The second kappa shape index (κ2) is 6.10. The molecule has 0 atom stereocenters. The third kappa shape index (κ3) is 3.31. The Balaban J connectivity index is 2.26. The quantitative estimate of drug-likeness (QED) is 0.910. The lowest BCUT2D eigenvalue weighted by molar-refractivity contribution is 0.0690. The van der Waals surface area contributed by atoms with Crippen molar-refractivity contribution >= 4 is 23.2 Å². The van der Waals surface area contributed by atoms with Gasteiger partial charge < -0.3 is 10.4 Å². The van der Waals surface area contributed by atoms with Gasteiger partial charge in [0.25, 0.3) is 5.91 Å². The standard InChI is InChI=1S/C16H17NO3S/c1-9-4-5-10(2)14(16(19)20)13(9)15(18)17-8-12-7-6-11(3)21-12/h4-7H,8H2,1-3H3,(H,17,18)(H,19,20). The highest BCUT2D eigenvalue weighted by molar-refractivity contribution is 7.11. The zero-order chi connectivity index (χ0) is 15.6. The molecule has 0 saturated heterocycles. The monoisotopic (exact) mass is 303 g/mol. The molecule has 0 fully saturated rings. The van der Waals surface area contributed by atoms with Gasteiger partial charge in [-0.15, -0.1) is 11.3 Å². The highest BCUT2D eigenvalue weighted by atomic mass is 32.1. The van der Waals surface area contributed by atoms with Gasteiger partial charge in [0.15, 0.2) is 0 Å². The number of nitrogens with one attached hydrogen (secondary N) is 1. The first-order valence-corrected chi connectivity index (χ1v) is 7.39. The summed E-state index contributed by atoms with van der Waals surface area (Å²) in [6.07, 6.45) is 0. The van der Waals surface area contributed by atoms with E-state index in [4.69, 9.17) is 0 Å². The van der Waals surface area contributed by atoms with Crippen LogP contribution in [0.5, 0.6) is 0 Å². The Morgan fingerprint density at radius 3 is 2.19 bits per heavy atom. The number of amides is 1. The molecular formula is C16H17NO3S. The Labute approximate surface area is 127 Å². The highest BCUT2D eigenvalue weighted by Gasteiger charge is 2.21.